The molecule has 0 aliphatic carbocycles. The van der Waals surface area contributed by atoms with E-state index in [1.165, 1.54) is 17.0 Å². The summed E-state index contributed by atoms with van der Waals surface area (Å²) in [5.74, 6) is 1.58. The molecule has 1 fully saturated rings. The summed E-state index contributed by atoms with van der Waals surface area (Å²) in [6.45, 7) is 5.78. The van der Waals surface area contributed by atoms with Crippen molar-refractivity contribution in [2.24, 2.45) is 0 Å². The molecule has 4 aromatic rings. The Bertz CT molecular complexity index is 1320. The molecule has 0 saturated carbocycles. The van der Waals surface area contributed by atoms with Crippen LogP contribution in [-0.2, 0) is 11.3 Å². The molecule has 2 atom stereocenters. The van der Waals surface area contributed by atoms with E-state index in [0.717, 1.165) is 29.4 Å². The Morgan fingerprint density at radius 1 is 0.944 bits per heavy atom. The molecule has 184 valence electrons. The molecule has 2 aromatic heterocycles. The van der Waals surface area contributed by atoms with Crippen molar-refractivity contribution in [3.8, 4) is 11.5 Å². The SMILES string of the molecule is COCCn1c(C)cc([C@@H]2[C@@H](c3ccccn3)NC(=S)N2c2ccc(Oc3ccccc3)cc2)c1C. The fraction of sp³-hybridized carbons (Fsp3) is 0.241. The van der Waals surface area contributed by atoms with Gasteiger partial charge >= 0.3 is 0 Å². The summed E-state index contributed by atoms with van der Waals surface area (Å²) >= 11 is 5.90. The number of pyridine rings is 1. The number of methoxy groups -OCH3 is 1. The van der Waals surface area contributed by atoms with Crippen molar-refractivity contribution in [3.05, 3.63) is 108 Å². The number of anilines is 1. The molecule has 1 saturated heterocycles. The molecule has 0 amide bonds. The van der Waals surface area contributed by atoms with Gasteiger partial charge in [0.15, 0.2) is 5.11 Å². The number of aryl methyl sites for hydroxylation is 1. The van der Waals surface area contributed by atoms with Gasteiger partial charge in [0.25, 0.3) is 0 Å². The lowest BCUT2D eigenvalue weighted by molar-refractivity contribution is 0.186. The van der Waals surface area contributed by atoms with E-state index in [1.54, 1.807) is 7.11 Å². The first kappa shape index (κ1) is 24.0. The number of aromatic nitrogens is 2. The summed E-state index contributed by atoms with van der Waals surface area (Å²) in [7, 11) is 1.73. The zero-order valence-corrected chi connectivity index (χ0v) is 21.5. The van der Waals surface area contributed by atoms with Crippen molar-refractivity contribution in [1.82, 2.24) is 14.9 Å². The van der Waals surface area contributed by atoms with Gasteiger partial charge in [0.2, 0.25) is 0 Å². The van der Waals surface area contributed by atoms with Crippen molar-refractivity contribution < 1.29 is 9.47 Å². The second kappa shape index (κ2) is 10.5. The molecule has 0 radical (unpaired) electrons. The van der Waals surface area contributed by atoms with Crippen LogP contribution in [0.5, 0.6) is 11.5 Å². The molecular weight excluding hydrogens is 468 g/mol. The van der Waals surface area contributed by atoms with Crippen molar-refractivity contribution in [2.45, 2.75) is 32.5 Å². The molecule has 0 bridgehead atoms. The summed E-state index contributed by atoms with van der Waals surface area (Å²) in [6.07, 6.45) is 1.83. The fourth-order valence-electron chi connectivity index (χ4n) is 4.90. The van der Waals surface area contributed by atoms with Crippen molar-refractivity contribution >= 4 is 23.0 Å². The van der Waals surface area contributed by atoms with Crippen LogP contribution < -0.4 is 15.0 Å². The number of para-hydroxylation sites is 1. The average molecular weight is 499 g/mol. The summed E-state index contributed by atoms with van der Waals surface area (Å²) in [5.41, 5.74) is 5.58. The Hall–Kier alpha value is -3.68. The first-order chi connectivity index (χ1) is 17.6. The third-order valence-electron chi connectivity index (χ3n) is 6.64. The first-order valence-electron chi connectivity index (χ1n) is 12.1. The first-order valence-corrected chi connectivity index (χ1v) is 12.5. The standard InChI is InChI=1S/C29H30N4O2S/c1-20-19-25(21(2)32(20)17-18-34-3)28-27(26-11-7-8-16-30-26)31-29(36)33(28)22-12-14-24(15-13-22)35-23-9-5-4-6-10-23/h4-16,19,27-28H,17-18H2,1-3H3,(H,31,36)/t27-,28-/m1/s1. The lowest BCUT2D eigenvalue weighted by Crippen LogP contribution is -2.29. The number of benzene rings is 2. The van der Waals surface area contributed by atoms with E-state index in [4.69, 9.17) is 21.7 Å². The maximum atomic E-state index is 6.01. The highest BCUT2D eigenvalue weighted by molar-refractivity contribution is 7.80. The van der Waals surface area contributed by atoms with Crippen LogP contribution in [0.1, 0.15) is 34.7 Å². The molecule has 1 aliphatic rings. The Morgan fingerprint density at radius 2 is 1.67 bits per heavy atom. The minimum absolute atomic E-state index is 0.0595. The molecule has 1 aliphatic heterocycles. The van der Waals surface area contributed by atoms with E-state index in [-0.39, 0.29) is 12.1 Å². The summed E-state index contributed by atoms with van der Waals surface area (Å²) in [5, 5.41) is 4.23. The summed E-state index contributed by atoms with van der Waals surface area (Å²) in [4.78, 5) is 6.87. The Kier molecular flexibility index (Phi) is 7.02. The van der Waals surface area contributed by atoms with Gasteiger partial charge in [-0.05, 0) is 86.2 Å². The van der Waals surface area contributed by atoms with Crippen LogP contribution in [0.15, 0.2) is 85.1 Å². The van der Waals surface area contributed by atoms with Crippen LogP contribution in [-0.4, -0.2) is 28.4 Å². The number of nitrogens with zero attached hydrogens (tertiary/aromatic N) is 3. The molecule has 5 rings (SSSR count). The van der Waals surface area contributed by atoms with Gasteiger partial charge in [0, 0.05) is 36.9 Å². The van der Waals surface area contributed by atoms with Crippen molar-refractivity contribution in [1.29, 1.82) is 0 Å². The van der Waals surface area contributed by atoms with Crippen LogP contribution in [0.3, 0.4) is 0 Å². The topological polar surface area (TPSA) is 51.5 Å². The van der Waals surface area contributed by atoms with Gasteiger partial charge in [-0.1, -0.05) is 24.3 Å². The molecule has 3 heterocycles. The third-order valence-corrected chi connectivity index (χ3v) is 6.96. The Balaban J connectivity index is 1.53. The molecule has 1 N–H and O–H groups in total. The van der Waals surface area contributed by atoms with Gasteiger partial charge in [0.1, 0.15) is 11.5 Å². The quantitative estimate of drug-likeness (QED) is 0.296. The van der Waals surface area contributed by atoms with Gasteiger partial charge in [-0.2, -0.15) is 0 Å². The van der Waals surface area contributed by atoms with Gasteiger partial charge in [-0.3, -0.25) is 4.98 Å². The average Bonchev–Trinajstić information content (AvgIpc) is 3.39. The van der Waals surface area contributed by atoms with E-state index < -0.39 is 0 Å². The lowest BCUT2D eigenvalue weighted by atomic mass is 9.96. The molecule has 0 unspecified atom stereocenters. The molecule has 36 heavy (non-hydrogen) atoms. The normalized spacial score (nSPS) is 17.3. The predicted octanol–water partition coefficient (Wildman–Crippen LogP) is 6.12. The Morgan fingerprint density at radius 3 is 2.36 bits per heavy atom. The monoisotopic (exact) mass is 498 g/mol. The minimum Gasteiger partial charge on any atom is -0.457 e. The van der Waals surface area contributed by atoms with Crippen LogP contribution in [0, 0.1) is 13.8 Å². The highest BCUT2D eigenvalue weighted by Crippen LogP contribution is 2.43. The third kappa shape index (κ3) is 4.72. The summed E-state index contributed by atoms with van der Waals surface area (Å²) in [6, 6.07) is 26.0. The zero-order chi connectivity index (χ0) is 25.1. The van der Waals surface area contributed by atoms with Crippen LogP contribution in [0.25, 0.3) is 0 Å². The van der Waals surface area contributed by atoms with E-state index in [0.29, 0.717) is 11.7 Å². The number of nitrogens with one attached hydrogen (secondary N) is 1. The molecule has 7 heteroatoms. The summed E-state index contributed by atoms with van der Waals surface area (Å²) < 4.78 is 13.7. The highest BCUT2D eigenvalue weighted by atomic mass is 32.1. The number of hydrogen-bond acceptors (Lipinski definition) is 4. The van der Waals surface area contributed by atoms with Crippen LogP contribution >= 0.6 is 12.2 Å². The zero-order valence-electron chi connectivity index (χ0n) is 20.7. The smallest absolute Gasteiger partial charge is 0.174 e. The van der Waals surface area contributed by atoms with E-state index in [2.05, 4.69) is 57.9 Å². The molecule has 0 spiro atoms. The number of rotatable bonds is 8. The molecular formula is C29H30N4O2S. The van der Waals surface area contributed by atoms with Crippen molar-refractivity contribution in [2.75, 3.05) is 18.6 Å². The maximum absolute atomic E-state index is 6.01. The van der Waals surface area contributed by atoms with Crippen LogP contribution in [0.2, 0.25) is 0 Å². The van der Waals surface area contributed by atoms with E-state index in [9.17, 15) is 0 Å². The van der Waals surface area contributed by atoms with Crippen LogP contribution in [0.4, 0.5) is 5.69 Å². The van der Waals surface area contributed by atoms with Crippen molar-refractivity contribution in [3.63, 3.8) is 0 Å². The number of ether oxygens (including phenoxy) is 2. The fourth-order valence-corrected chi connectivity index (χ4v) is 5.25. The van der Waals surface area contributed by atoms with E-state index >= 15 is 0 Å². The van der Waals surface area contributed by atoms with Gasteiger partial charge in [-0.25, -0.2) is 0 Å². The molecule has 6 nitrogen and oxygen atoms in total. The second-order valence-electron chi connectivity index (χ2n) is 8.88. The molecule has 2 aromatic carbocycles. The number of hydrogen-bond donors (Lipinski definition) is 1. The lowest BCUT2D eigenvalue weighted by Gasteiger charge is -2.28. The van der Waals surface area contributed by atoms with Gasteiger partial charge in [-0.15, -0.1) is 0 Å². The maximum Gasteiger partial charge on any atom is 0.174 e. The van der Waals surface area contributed by atoms with Gasteiger partial charge in [0.05, 0.1) is 24.4 Å². The highest BCUT2D eigenvalue weighted by Gasteiger charge is 2.42. The van der Waals surface area contributed by atoms with Gasteiger partial charge < -0.3 is 24.3 Å². The Labute approximate surface area is 217 Å². The predicted molar refractivity (Wildman–Crippen MR) is 147 cm³/mol. The minimum atomic E-state index is -0.0877. The second-order valence-corrected chi connectivity index (χ2v) is 9.26. The largest absolute Gasteiger partial charge is 0.457 e. The van der Waals surface area contributed by atoms with E-state index in [1.807, 2.05) is 60.8 Å². The number of thiocarbonyl (C=S) groups is 1.